The number of anilines is 1. The van der Waals surface area contributed by atoms with Crippen LogP contribution in [0.3, 0.4) is 0 Å². The number of nitro groups is 1. The monoisotopic (exact) mass is 255 g/mol. The van der Waals surface area contributed by atoms with Gasteiger partial charge in [-0.05, 0) is 13.8 Å². The van der Waals surface area contributed by atoms with E-state index in [-0.39, 0.29) is 18.0 Å². The average molecular weight is 255 g/mol. The molecular formula is C10H13N3O5. The summed E-state index contributed by atoms with van der Waals surface area (Å²) in [5.74, 6) is -1.35. The number of hydrogen-bond donors (Lipinski definition) is 3. The Morgan fingerprint density at radius 3 is 2.67 bits per heavy atom. The normalized spacial score (nSPS) is 11.1. The van der Waals surface area contributed by atoms with E-state index in [9.17, 15) is 14.9 Å². The molecule has 3 N–H and O–H groups in total. The maximum Gasteiger partial charge on any atom is 0.339 e. The number of nitrogens with one attached hydrogen (secondary N) is 1. The molecule has 0 aliphatic rings. The molecule has 1 aromatic rings. The maximum absolute atomic E-state index is 11.0. The lowest BCUT2D eigenvalue weighted by molar-refractivity contribution is -0.385. The van der Waals surface area contributed by atoms with Gasteiger partial charge in [-0.25, -0.2) is 9.78 Å². The average Bonchev–Trinajstić information content (AvgIpc) is 2.28. The Morgan fingerprint density at radius 2 is 2.22 bits per heavy atom. The van der Waals surface area contributed by atoms with Crippen molar-refractivity contribution in [3.8, 4) is 0 Å². The number of aliphatic hydroxyl groups is 1. The first-order chi connectivity index (χ1) is 8.26. The van der Waals surface area contributed by atoms with Gasteiger partial charge in [0.15, 0.2) is 0 Å². The van der Waals surface area contributed by atoms with Crippen LogP contribution < -0.4 is 5.32 Å². The molecule has 0 fully saturated rings. The van der Waals surface area contributed by atoms with Crippen LogP contribution in [0, 0.1) is 10.1 Å². The minimum absolute atomic E-state index is 0.0212. The van der Waals surface area contributed by atoms with Crippen molar-refractivity contribution in [3.63, 3.8) is 0 Å². The van der Waals surface area contributed by atoms with Crippen LogP contribution in [-0.2, 0) is 0 Å². The zero-order valence-electron chi connectivity index (χ0n) is 9.88. The molecule has 1 heterocycles. The van der Waals surface area contributed by atoms with Gasteiger partial charge >= 0.3 is 5.97 Å². The van der Waals surface area contributed by atoms with Gasteiger partial charge in [0.1, 0.15) is 17.6 Å². The number of carboxylic acids is 1. The van der Waals surface area contributed by atoms with Gasteiger partial charge in [-0.2, -0.15) is 0 Å². The molecule has 1 rings (SSSR count). The van der Waals surface area contributed by atoms with E-state index in [1.807, 2.05) is 0 Å². The molecule has 1 aromatic heterocycles. The van der Waals surface area contributed by atoms with Crippen LogP contribution in [0.1, 0.15) is 24.2 Å². The van der Waals surface area contributed by atoms with E-state index in [1.165, 1.54) is 0 Å². The Hall–Kier alpha value is -2.22. The zero-order valence-corrected chi connectivity index (χ0v) is 9.88. The number of aliphatic hydroxyl groups excluding tert-OH is 1. The Balaban J connectivity index is 3.20. The van der Waals surface area contributed by atoms with E-state index in [2.05, 4.69) is 10.3 Å². The van der Waals surface area contributed by atoms with Crippen LogP contribution in [-0.4, -0.2) is 38.2 Å². The summed E-state index contributed by atoms with van der Waals surface area (Å²) in [5.41, 5.74) is -1.50. The fraction of sp³-hybridized carbons (Fsp3) is 0.400. The number of aromatic carboxylic acids is 1. The van der Waals surface area contributed by atoms with Gasteiger partial charge in [0.2, 0.25) is 0 Å². The first kappa shape index (κ1) is 13.8. The van der Waals surface area contributed by atoms with Crippen molar-refractivity contribution >= 4 is 17.5 Å². The summed E-state index contributed by atoms with van der Waals surface area (Å²) in [5, 5.41) is 31.3. The lowest BCUT2D eigenvalue weighted by Gasteiger charge is -2.24. The van der Waals surface area contributed by atoms with E-state index in [0.717, 1.165) is 12.3 Å². The molecule has 0 aliphatic carbocycles. The van der Waals surface area contributed by atoms with Gasteiger partial charge in [-0.15, -0.1) is 0 Å². The van der Waals surface area contributed by atoms with Crippen LogP contribution in [0.5, 0.6) is 0 Å². The van der Waals surface area contributed by atoms with Crippen molar-refractivity contribution in [2.45, 2.75) is 19.4 Å². The highest BCUT2D eigenvalue weighted by Gasteiger charge is 2.23. The molecule has 0 amide bonds. The Morgan fingerprint density at radius 1 is 1.61 bits per heavy atom. The smallest absolute Gasteiger partial charge is 0.339 e. The van der Waals surface area contributed by atoms with Gasteiger partial charge in [0.25, 0.3) is 5.69 Å². The molecule has 0 saturated heterocycles. The molecule has 0 spiro atoms. The van der Waals surface area contributed by atoms with Gasteiger partial charge in [0.05, 0.1) is 17.1 Å². The van der Waals surface area contributed by atoms with E-state index in [4.69, 9.17) is 10.2 Å². The number of nitrogens with zero attached hydrogens (tertiary/aromatic N) is 2. The van der Waals surface area contributed by atoms with E-state index in [0.29, 0.717) is 0 Å². The minimum atomic E-state index is -1.33. The van der Waals surface area contributed by atoms with Crippen LogP contribution in [0.2, 0.25) is 0 Å². The molecule has 18 heavy (non-hydrogen) atoms. The molecule has 0 radical (unpaired) electrons. The largest absolute Gasteiger partial charge is 0.478 e. The first-order valence-electron chi connectivity index (χ1n) is 5.03. The number of hydrogen-bond acceptors (Lipinski definition) is 6. The van der Waals surface area contributed by atoms with Crippen molar-refractivity contribution < 1.29 is 19.9 Å². The molecule has 0 unspecified atom stereocenters. The molecule has 0 saturated carbocycles. The summed E-state index contributed by atoms with van der Waals surface area (Å²) in [6.07, 6.45) is 0.961. The number of pyridine rings is 1. The van der Waals surface area contributed by atoms with Crippen LogP contribution in [0.15, 0.2) is 12.3 Å². The second-order valence-corrected chi connectivity index (χ2v) is 4.32. The van der Waals surface area contributed by atoms with Crippen molar-refractivity contribution in [1.29, 1.82) is 0 Å². The van der Waals surface area contributed by atoms with Gasteiger partial charge < -0.3 is 15.5 Å². The molecular weight excluding hydrogens is 242 g/mol. The quantitative estimate of drug-likeness (QED) is 0.526. The van der Waals surface area contributed by atoms with E-state index >= 15 is 0 Å². The highest BCUT2D eigenvalue weighted by molar-refractivity contribution is 5.93. The summed E-state index contributed by atoms with van der Waals surface area (Å²) < 4.78 is 0. The third-order valence-corrected chi connectivity index (χ3v) is 2.17. The minimum Gasteiger partial charge on any atom is -0.478 e. The summed E-state index contributed by atoms with van der Waals surface area (Å²) in [6.45, 7) is 3.04. The molecule has 0 aliphatic heterocycles. The van der Waals surface area contributed by atoms with Crippen LogP contribution >= 0.6 is 0 Å². The molecule has 0 bridgehead atoms. The van der Waals surface area contributed by atoms with Crippen molar-refractivity contribution in [2.24, 2.45) is 0 Å². The fourth-order valence-corrected chi connectivity index (χ4v) is 1.18. The van der Waals surface area contributed by atoms with E-state index in [1.54, 1.807) is 13.8 Å². The standard InChI is InChI=1S/C10H13N3O5/c1-10(2,5-14)12-8-7(9(15)16)3-6(4-11-8)13(17)18/h3-4,14H,5H2,1-2H3,(H,11,12)(H,15,16). The van der Waals surface area contributed by atoms with Crippen molar-refractivity contribution in [2.75, 3.05) is 11.9 Å². The highest BCUT2D eigenvalue weighted by atomic mass is 16.6. The number of carboxylic acid groups (broad SMARTS) is 1. The number of rotatable bonds is 5. The Kier molecular flexibility index (Phi) is 3.82. The molecule has 98 valence electrons. The second kappa shape index (κ2) is 4.96. The highest BCUT2D eigenvalue weighted by Crippen LogP contribution is 2.22. The molecule has 8 nitrogen and oxygen atoms in total. The van der Waals surface area contributed by atoms with Gasteiger partial charge in [-0.1, -0.05) is 0 Å². The summed E-state index contributed by atoms with van der Waals surface area (Å²) in [6, 6.07) is 0.922. The lowest BCUT2D eigenvalue weighted by atomic mass is 10.1. The topological polar surface area (TPSA) is 126 Å². The Labute approximate surface area is 102 Å². The summed E-state index contributed by atoms with van der Waals surface area (Å²) >= 11 is 0. The SMILES string of the molecule is CC(C)(CO)Nc1ncc([N+](=O)[O-])cc1C(=O)O. The molecule has 8 heteroatoms. The predicted molar refractivity (Wildman–Crippen MR) is 62.6 cm³/mol. The molecule has 0 atom stereocenters. The van der Waals surface area contributed by atoms with Crippen molar-refractivity contribution in [3.05, 3.63) is 27.9 Å². The van der Waals surface area contributed by atoms with E-state index < -0.39 is 22.1 Å². The third kappa shape index (κ3) is 3.14. The fourth-order valence-electron chi connectivity index (χ4n) is 1.18. The van der Waals surface area contributed by atoms with Gasteiger partial charge in [0, 0.05) is 6.07 Å². The Bertz CT molecular complexity index is 486. The summed E-state index contributed by atoms with van der Waals surface area (Å²) in [4.78, 5) is 24.5. The van der Waals surface area contributed by atoms with Crippen LogP contribution in [0.25, 0.3) is 0 Å². The zero-order chi connectivity index (χ0) is 13.9. The molecule has 0 aromatic carbocycles. The maximum atomic E-state index is 11.0. The van der Waals surface area contributed by atoms with Crippen LogP contribution in [0.4, 0.5) is 11.5 Å². The lowest BCUT2D eigenvalue weighted by Crippen LogP contribution is -2.36. The summed E-state index contributed by atoms with van der Waals surface area (Å²) in [7, 11) is 0. The second-order valence-electron chi connectivity index (χ2n) is 4.32. The number of carbonyl (C=O) groups is 1. The van der Waals surface area contributed by atoms with Gasteiger partial charge in [-0.3, -0.25) is 10.1 Å². The first-order valence-corrected chi connectivity index (χ1v) is 5.03. The third-order valence-electron chi connectivity index (χ3n) is 2.17. The van der Waals surface area contributed by atoms with Crippen molar-refractivity contribution in [1.82, 2.24) is 4.98 Å². The predicted octanol–water partition coefficient (Wildman–Crippen LogP) is 0.871. The number of aromatic nitrogens is 1.